The Labute approximate surface area is 91.5 Å². The van der Waals surface area contributed by atoms with E-state index in [0.29, 0.717) is 12.4 Å². The van der Waals surface area contributed by atoms with Crippen LogP contribution in [0.5, 0.6) is 0 Å². The Morgan fingerprint density at radius 2 is 2.50 bits per heavy atom. The van der Waals surface area contributed by atoms with E-state index in [0.717, 1.165) is 11.6 Å². The van der Waals surface area contributed by atoms with Crippen molar-refractivity contribution in [3.05, 3.63) is 24.2 Å². The quantitative estimate of drug-likeness (QED) is 0.785. The summed E-state index contributed by atoms with van der Waals surface area (Å²) in [6, 6.07) is 3.53. The molecule has 1 atom stereocenters. The number of furan rings is 1. The maximum atomic E-state index is 5.19. The predicted molar refractivity (Wildman–Crippen MR) is 61.2 cm³/mol. The van der Waals surface area contributed by atoms with Gasteiger partial charge in [-0.05, 0) is 12.1 Å². The topological polar surface area (TPSA) is 74.6 Å². The van der Waals surface area contributed by atoms with Crippen molar-refractivity contribution in [2.45, 2.75) is 12.6 Å². The molecule has 0 bridgehead atoms. The SMILES string of the molecule is C1=NC(=NCc2ccco2)C2N=CN=C2N1. The first-order chi connectivity index (χ1) is 7.93. The Hall–Kier alpha value is -2.24. The minimum atomic E-state index is -0.181. The monoisotopic (exact) mass is 215 g/mol. The lowest BCUT2D eigenvalue weighted by molar-refractivity contribution is 0.512. The zero-order valence-corrected chi connectivity index (χ0v) is 8.37. The number of rotatable bonds is 2. The molecule has 6 nitrogen and oxygen atoms in total. The molecule has 0 radical (unpaired) electrons. The van der Waals surface area contributed by atoms with Crippen LogP contribution in [-0.2, 0) is 6.54 Å². The summed E-state index contributed by atoms with van der Waals surface area (Å²) in [5.74, 6) is 2.23. The van der Waals surface area contributed by atoms with Crippen molar-refractivity contribution >= 4 is 24.3 Å². The third-order valence-corrected chi connectivity index (χ3v) is 2.30. The molecule has 80 valence electrons. The van der Waals surface area contributed by atoms with Crippen molar-refractivity contribution in [1.29, 1.82) is 0 Å². The summed E-state index contributed by atoms with van der Waals surface area (Å²) in [5, 5.41) is 2.93. The molecule has 3 heterocycles. The van der Waals surface area contributed by atoms with Crippen LogP contribution in [0.25, 0.3) is 0 Å². The average molecular weight is 215 g/mol. The van der Waals surface area contributed by atoms with Crippen molar-refractivity contribution in [1.82, 2.24) is 5.32 Å². The lowest BCUT2D eigenvalue weighted by Crippen LogP contribution is -2.40. The van der Waals surface area contributed by atoms with E-state index in [1.807, 2.05) is 12.1 Å². The van der Waals surface area contributed by atoms with Crippen molar-refractivity contribution in [2.24, 2.45) is 20.0 Å². The van der Waals surface area contributed by atoms with Gasteiger partial charge in [0.2, 0.25) is 0 Å². The molecule has 0 saturated heterocycles. The first-order valence-corrected chi connectivity index (χ1v) is 4.88. The zero-order valence-electron chi connectivity index (χ0n) is 8.37. The van der Waals surface area contributed by atoms with E-state index in [4.69, 9.17) is 4.42 Å². The number of amidine groups is 2. The minimum Gasteiger partial charge on any atom is -0.467 e. The molecule has 0 saturated carbocycles. The van der Waals surface area contributed by atoms with E-state index >= 15 is 0 Å². The van der Waals surface area contributed by atoms with Gasteiger partial charge in [0.25, 0.3) is 0 Å². The Balaban J connectivity index is 1.81. The highest BCUT2D eigenvalue weighted by atomic mass is 16.3. The first-order valence-electron chi connectivity index (χ1n) is 4.88. The molecule has 2 aliphatic rings. The van der Waals surface area contributed by atoms with E-state index in [-0.39, 0.29) is 6.04 Å². The van der Waals surface area contributed by atoms with E-state index < -0.39 is 0 Å². The molecular weight excluding hydrogens is 206 g/mol. The van der Waals surface area contributed by atoms with Crippen LogP contribution in [0.4, 0.5) is 0 Å². The van der Waals surface area contributed by atoms with Gasteiger partial charge in [0, 0.05) is 0 Å². The van der Waals surface area contributed by atoms with Gasteiger partial charge in [-0.15, -0.1) is 0 Å². The number of nitrogens with one attached hydrogen (secondary N) is 1. The molecule has 0 amide bonds. The lowest BCUT2D eigenvalue weighted by atomic mass is 10.2. The molecular formula is C10H9N5O. The van der Waals surface area contributed by atoms with Crippen LogP contribution < -0.4 is 5.32 Å². The highest BCUT2D eigenvalue weighted by Crippen LogP contribution is 2.09. The lowest BCUT2D eigenvalue weighted by Gasteiger charge is -2.14. The summed E-state index contributed by atoms with van der Waals surface area (Å²) in [6.45, 7) is 0.471. The average Bonchev–Trinajstić information content (AvgIpc) is 2.97. The molecule has 16 heavy (non-hydrogen) atoms. The van der Waals surface area contributed by atoms with Crippen LogP contribution in [0.3, 0.4) is 0 Å². The summed E-state index contributed by atoms with van der Waals surface area (Å²) in [6.07, 6.45) is 4.72. The molecule has 1 aromatic heterocycles. The molecule has 0 aromatic carbocycles. The summed E-state index contributed by atoms with van der Waals surface area (Å²) in [5.41, 5.74) is 0. The molecule has 1 aromatic rings. The Bertz CT molecular complexity index is 497. The fourth-order valence-corrected chi connectivity index (χ4v) is 1.53. The second-order valence-corrected chi connectivity index (χ2v) is 3.34. The molecule has 2 aliphatic heterocycles. The standard InChI is InChI=1S/C10H9N5O/c1-2-7(16-3-1)4-11-9-8-10(13-5-12-8)15-6-14-9/h1-3,5-6,8H,4H2,(H,11,12,13,14,15). The van der Waals surface area contributed by atoms with Gasteiger partial charge in [0.1, 0.15) is 17.9 Å². The van der Waals surface area contributed by atoms with Gasteiger partial charge >= 0.3 is 0 Å². The van der Waals surface area contributed by atoms with E-state index in [1.54, 1.807) is 12.6 Å². The van der Waals surface area contributed by atoms with Gasteiger partial charge in [-0.3, -0.25) is 9.98 Å². The van der Waals surface area contributed by atoms with Crippen molar-refractivity contribution in [3.8, 4) is 0 Å². The van der Waals surface area contributed by atoms with Crippen LogP contribution in [0, 0.1) is 0 Å². The molecule has 1 N–H and O–H groups in total. The summed E-state index contributed by atoms with van der Waals surface area (Å²) < 4.78 is 5.19. The van der Waals surface area contributed by atoms with Crippen LogP contribution in [0.2, 0.25) is 0 Å². The van der Waals surface area contributed by atoms with Gasteiger partial charge in [0.05, 0.1) is 19.1 Å². The third kappa shape index (κ3) is 1.54. The van der Waals surface area contributed by atoms with Gasteiger partial charge < -0.3 is 9.73 Å². The minimum absolute atomic E-state index is 0.181. The predicted octanol–water partition coefficient (Wildman–Crippen LogP) is 0.619. The Kier molecular flexibility index (Phi) is 2.10. The van der Waals surface area contributed by atoms with Gasteiger partial charge in [-0.2, -0.15) is 0 Å². The second-order valence-electron chi connectivity index (χ2n) is 3.34. The fraction of sp³-hybridized carbons (Fsp3) is 0.200. The largest absolute Gasteiger partial charge is 0.467 e. The number of hydrogen-bond donors (Lipinski definition) is 1. The van der Waals surface area contributed by atoms with Gasteiger partial charge in [0.15, 0.2) is 11.9 Å². The fourth-order valence-electron chi connectivity index (χ4n) is 1.53. The highest BCUT2D eigenvalue weighted by Gasteiger charge is 2.26. The molecule has 0 spiro atoms. The van der Waals surface area contributed by atoms with Crippen molar-refractivity contribution in [3.63, 3.8) is 0 Å². The summed E-state index contributed by atoms with van der Waals surface area (Å²) in [4.78, 5) is 16.8. The van der Waals surface area contributed by atoms with Crippen LogP contribution in [0.1, 0.15) is 5.76 Å². The second kappa shape index (κ2) is 3.73. The van der Waals surface area contributed by atoms with Crippen molar-refractivity contribution in [2.75, 3.05) is 0 Å². The number of nitrogens with zero attached hydrogens (tertiary/aromatic N) is 4. The van der Waals surface area contributed by atoms with Crippen LogP contribution >= 0.6 is 0 Å². The normalized spacial score (nSPS) is 24.4. The third-order valence-electron chi connectivity index (χ3n) is 2.30. The van der Waals surface area contributed by atoms with Crippen LogP contribution in [0.15, 0.2) is 42.8 Å². The number of fused-ring (bicyclic) bond motifs is 1. The highest BCUT2D eigenvalue weighted by molar-refractivity contribution is 6.21. The van der Waals surface area contributed by atoms with Gasteiger partial charge in [-0.1, -0.05) is 0 Å². The number of hydrogen-bond acceptors (Lipinski definition) is 5. The summed E-state index contributed by atoms with van der Waals surface area (Å²) >= 11 is 0. The molecule has 3 rings (SSSR count). The van der Waals surface area contributed by atoms with E-state index in [9.17, 15) is 0 Å². The summed E-state index contributed by atoms with van der Waals surface area (Å²) in [7, 11) is 0. The van der Waals surface area contributed by atoms with Crippen LogP contribution in [-0.4, -0.2) is 30.4 Å². The van der Waals surface area contributed by atoms with Gasteiger partial charge in [-0.25, -0.2) is 9.98 Å². The molecule has 0 aliphatic carbocycles. The van der Waals surface area contributed by atoms with Crippen molar-refractivity contribution < 1.29 is 4.42 Å². The number of aliphatic imine (C=N–C) groups is 4. The maximum absolute atomic E-state index is 5.19. The zero-order chi connectivity index (χ0) is 10.8. The molecule has 1 unspecified atom stereocenters. The smallest absolute Gasteiger partial charge is 0.168 e. The Morgan fingerprint density at radius 1 is 1.50 bits per heavy atom. The maximum Gasteiger partial charge on any atom is 0.168 e. The Morgan fingerprint density at radius 3 is 3.38 bits per heavy atom. The van der Waals surface area contributed by atoms with E-state index in [1.165, 1.54) is 6.34 Å². The first kappa shape index (κ1) is 9.02. The molecule has 0 fully saturated rings. The van der Waals surface area contributed by atoms with E-state index in [2.05, 4.69) is 25.3 Å². The molecule has 6 heteroatoms.